The van der Waals surface area contributed by atoms with Gasteiger partial charge in [0.2, 0.25) is 0 Å². The standard InChI is InChI=1S/C14H22ClNO/c1-3-17-8-7-13(11-16-2)9-12-5-4-6-14(15)10-12/h4-6,10,13,16H,3,7-9,11H2,1-2H3. The van der Waals surface area contributed by atoms with Gasteiger partial charge < -0.3 is 10.1 Å². The van der Waals surface area contributed by atoms with Gasteiger partial charge in [-0.2, -0.15) is 0 Å². The fraction of sp³-hybridized carbons (Fsp3) is 0.571. The Labute approximate surface area is 109 Å². The van der Waals surface area contributed by atoms with E-state index in [4.69, 9.17) is 16.3 Å². The van der Waals surface area contributed by atoms with Crippen LogP contribution in [0.3, 0.4) is 0 Å². The van der Waals surface area contributed by atoms with E-state index in [0.717, 1.165) is 37.6 Å². The molecule has 2 nitrogen and oxygen atoms in total. The van der Waals surface area contributed by atoms with Crippen molar-refractivity contribution in [2.45, 2.75) is 19.8 Å². The normalized spacial score (nSPS) is 12.6. The highest BCUT2D eigenvalue weighted by Crippen LogP contribution is 2.16. The number of benzene rings is 1. The predicted molar refractivity (Wildman–Crippen MR) is 73.7 cm³/mol. The average molecular weight is 256 g/mol. The molecule has 1 rings (SSSR count). The van der Waals surface area contributed by atoms with Crippen molar-refractivity contribution in [2.24, 2.45) is 5.92 Å². The van der Waals surface area contributed by atoms with Crippen LogP contribution in [0.2, 0.25) is 5.02 Å². The van der Waals surface area contributed by atoms with E-state index >= 15 is 0 Å². The highest BCUT2D eigenvalue weighted by Gasteiger charge is 2.09. The minimum Gasteiger partial charge on any atom is -0.382 e. The quantitative estimate of drug-likeness (QED) is 0.721. The Morgan fingerprint density at radius 1 is 1.41 bits per heavy atom. The largest absolute Gasteiger partial charge is 0.382 e. The Morgan fingerprint density at radius 2 is 2.24 bits per heavy atom. The lowest BCUT2D eigenvalue weighted by Crippen LogP contribution is -2.22. The molecule has 1 aromatic carbocycles. The second kappa shape index (κ2) is 8.51. The third kappa shape index (κ3) is 6.06. The molecule has 0 aromatic heterocycles. The summed E-state index contributed by atoms with van der Waals surface area (Å²) in [5.74, 6) is 0.602. The van der Waals surface area contributed by atoms with Gasteiger partial charge in [-0.05, 0) is 57.0 Å². The van der Waals surface area contributed by atoms with Crippen molar-refractivity contribution in [1.29, 1.82) is 0 Å². The molecule has 0 aliphatic carbocycles. The van der Waals surface area contributed by atoms with Gasteiger partial charge in [0.25, 0.3) is 0 Å². The number of ether oxygens (including phenoxy) is 1. The summed E-state index contributed by atoms with van der Waals surface area (Å²) >= 11 is 5.99. The zero-order valence-electron chi connectivity index (χ0n) is 10.7. The molecular weight excluding hydrogens is 234 g/mol. The summed E-state index contributed by atoms with van der Waals surface area (Å²) in [6, 6.07) is 8.11. The first-order chi connectivity index (χ1) is 8.26. The van der Waals surface area contributed by atoms with Crippen LogP contribution in [0.25, 0.3) is 0 Å². The van der Waals surface area contributed by atoms with Gasteiger partial charge in [-0.1, -0.05) is 23.7 Å². The van der Waals surface area contributed by atoms with Crippen LogP contribution in [0.15, 0.2) is 24.3 Å². The molecule has 0 fully saturated rings. The van der Waals surface area contributed by atoms with Crippen molar-refractivity contribution >= 4 is 11.6 Å². The van der Waals surface area contributed by atoms with Crippen LogP contribution < -0.4 is 5.32 Å². The summed E-state index contributed by atoms with van der Waals surface area (Å²) in [7, 11) is 1.99. The third-order valence-electron chi connectivity index (χ3n) is 2.78. The van der Waals surface area contributed by atoms with Crippen molar-refractivity contribution in [2.75, 3.05) is 26.8 Å². The summed E-state index contributed by atoms with van der Waals surface area (Å²) < 4.78 is 5.42. The maximum Gasteiger partial charge on any atom is 0.0469 e. The smallest absolute Gasteiger partial charge is 0.0469 e. The van der Waals surface area contributed by atoms with Gasteiger partial charge in [0, 0.05) is 18.2 Å². The lowest BCUT2D eigenvalue weighted by atomic mass is 9.96. The second-order valence-corrected chi connectivity index (χ2v) is 4.68. The van der Waals surface area contributed by atoms with Crippen molar-refractivity contribution in [3.63, 3.8) is 0 Å². The maximum absolute atomic E-state index is 5.99. The molecule has 1 N–H and O–H groups in total. The third-order valence-corrected chi connectivity index (χ3v) is 3.02. The highest BCUT2D eigenvalue weighted by atomic mass is 35.5. The first kappa shape index (κ1) is 14.5. The molecule has 1 aromatic rings. The topological polar surface area (TPSA) is 21.3 Å². The summed E-state index contributed by atoms with van der Waals surface area (Å²) in [4.78, 5) is 0. The van der Waals surface area contributed by atoms with Crippen LogP contribution in [-0.4, -0.2) is 26.8 Å². The van der Waals surface area contributed by atoms with Crippen LogP contribution in [0, 0.1) is 5.92 Å². The van der Waals surface area contributed by atoms with Crippen LogP contribution in [-0.2, 0) is 11.2 Å². The first-order valence-electron chi connectivity index (χ1n) is 6.23. The van der Waals surface area contributed by atoms with E-state index in [2.05, 4.69) is 11.4 Å². The Bertz CT molecular complexity index is 317. The number of hydrogen-bond acceptors (Lipinski definition) is 2. The van der Waals surface area contributed by atoms with Crippen molar-refractivity contribution in [3.8, 4) is 0 Å². The molecule has 0 saturated heterocycles. The molecule has 1 atom stereocenters. The van der Waals surface area contributed by atoms with Crippen molar-refractivity contribution < 1.29 is 4.74 Å². The zero-order valence-corrected chi connectivity index (χ0v) is 11.5. The minimum absolute atomic E-state index is 0.602. The lowest BCUT2D eigenvalue weighted by Gasteiger charge is -2.16. The number of hydrogen-bond donors (Lipinski definition) is 1. The molecule has 0 aliphatic rings. The van der Waals surface area contributed by atoms with E-state index < -0.39 is 0 Å². The first-order valence-corrected chi connectivity index (χ1v) is 6.60. The van der Waals surface area contributed by atoms with E-state index in [1.165, 1.54) is 5.56 Å². The molecule has 1 unspecified atom stereocenters. The summed E-state index contributed by atoms with van der Waals surface area (Å²) in [6.07, 6.45) is 2.13. The average Bonchev–Trinajstić information content (AvgIpc) is 2.29. The number of rotatable bonds is 8. The maximum atomic E-state index is 5.99. The molecule has 0 spiro atoms. The molecular formula is C14H22ClNO. The van der Waals surface area contributed by atoms with Gasteiger partial charge >= 0.3 is 0 Å². The van der Waals surface area contributed by atoms with Crippen LogP contribution >= 0.6 is 11.6 Å². The van der Waals surface area contributed by atoms with E-state index in [1.807, 2.05) is 32.2 Å². The minimum atomic E-state index is 0.602. The van der Waals surface area contributed by atoms with Crippen molar-refractivity contribution in [1.82, 2.24) is 5.32 Å². The Morgan fingerprint density at radius 3 is 2.88 bits per heavy atom. The fourth-order valence-electron chi connectivity index (χ4n) is 1.96. The molecule has 0 bridgehead atoms. The van der Waals surface area contributed by atoms with Gasteiger partial charge in [-0.3, -0.25) is 0 Å². The van der Waals surface area contributed by atoms with Crippen LogP contribution in [0.1, 0.15) is 18.9 Å². The van der Waals surface area contributed by atoms with Gasteiger partial charge in [0.1, 0.15) is 0 Å². The molecule has 0 aliphatic heterocycles. The number of nitrogens with one attached hydrogen (secondary N) is 1. The Kier molecular flexibility index (Phi) is 7.25. The van der Waals surface area contributed by atoms with E-state index in [9.17, 15) is 0 Å². The predicted octanol–water partition coefficient (Wildman–Crippen LogP) is 3.14. The summed E-state index contributed by atoms with van der Waals surface area (Å²) in [5.41, 5.74) is 1.30. The molecule has 96 valence electrons. The molecule has 0 amide bonds. The summed E-state index contributed by atoms with van der Waals surface area (Å²) in [6.45, 7) is 4.68. The van der Waals surface area contributed by atoms with Crippen LogP contribution in [0.4, 0.5) is 0 Å². The Balaban J connectivity index is 2.47. The van der Waals surface area contributed by atoms with E-state index in [0.29, 0.717) is 5.92 Å². The molecule has 0 saturated carbocycles. The Hall–Kier alpha value is -0.570. The second-order valence-electron chi connectivity index (χ2n) is 4.24. The molecule has 17 heavy (non-hydrogen) atoms. The van der Waals surface area contributed by atoms with Crippen molar-refractivity contribution in [3.05, 3.63) is 34.9 Å². The highest BCUT2D eigenvalue weighted by molar-refractivity contribution is 6.30. The molecule has 3 heteroatoms. The van der Waals surface area contributed by atoms with Gasteiger partial charge in [0.05, 0.1) is 0 Å². The fourth-order valence-corrected chi connectivity index (χ4v) is 2.17. The molecule has 0 radical (unpaired) electrons. The van der Waals surface area contributed by atoms with Gasteiger partial charge in [0.15, 0.2) is 0 Å². The van der Waals surface area contributed by atoms with Crippen LogP contribution in [0.5, 0.6) is 0 Å². The molecule has 0 heterocycles. The zero-order chi connectivity index (χ0) is 12.5. The SMILES string of the molecule is CCOCCC(CNC)Cc1cccc(Cl)c1. The summed E-state index contributed by atoms with van der Waals surface area (Å²) in [5, 5.41) is 4.06. The van der Waals surface area contributed by atoms with E-state index in [1.54, 1.807) is 0 Å². The lowest BCUT2D eigenvalue weighted by molar-refractivity contribution is 0.132. The van der Waals surface area contributed by atoms with E-state index in [-0.39, 0.29) is 0 Å². The van der Waals surface area contributed by atoms with Gasteiger partial charge in [-0.15, -0.1) is 0 Å². The monoisotopic (exact) mass is 255 g/mol. The number of halogens is 1. The van der Waals surface area contributed by atoms with Gasteiger partial charge in [-0.25, -0.2) is 0 Å².